The van der Waals surface area contributed by atoms with Crippen LogP contribution in [0.5, 0.6) is 0 Å². The van der Waals surface area contributed by atoms with Gasteiger partial charge in [0.25, 0.3) is 10.1 Å². The molecule has 2 saturated carbocycles. The maximum atomic E-state index is 13.1. The van der Waals surface area contributed by atoms with Gasteiger partial charge in [0.05, 0.1) is 11.2 Å². The van der Waals surface area contributed by atoms with Crippen LogP contribution >= 0.6 is 0 Å². The van der Waals surface area contributed by atoms with Crippen molar-refractivity contribution in [2.75, 3.05) is 5.75 Å². The summed E-state index contributed by atoms with van der Waals surface area (Å²) in [5.74, 6) is -0.370. The van der Waals surface area contributed by atoms with Gasteiger partial charge in [-0.3, -0.25) is 13.8 Å². The first-order valence-electron chi connectivity index (χ1n) is 11.2. The molecule has 0 saturated heterocycles. The Morgan fingerprint density at radius 3 is 2.43 bits per heavy atom. The summed E-state index contributed by atoms with van der Waals surface area (Å²) >= 11 is 0. The van der Waals surface area contributed by atoms with Crippen molar-refractivity contribution in [1.82, 2.24) is 0 Å². The van der Waals surface area contributed by atoms with E-state index in [1.54, 1.807) is 24.3 Å². The number of hydrogen-bond acceptors (Lipinski definition) is 5. The van der Waals surface area contributed by atoms with Gasteiger partial charge in [-0.15, -0.1) is 0 Å². The highest BCUT2D eigenvalue weighted by Gasteiger charge is 2.65. The number of ketones is 2. The van der Waals surface area contributed by atoms with E-state index in [1.165, 1.54) is 0 Å². The fraction of sp³-hybridized carbons (Fsp3) is 0.667. The van der Waals surface area contributed by atoms with Gasteiger partial charge in [-0.1, -0.05) is 76.8 Å². The molecule has 3 atom stereocenters. The van der Waals surface area contributed by atoms with E-state index >= 15 is 0 Å². The van der Waals surface area contributed by atoms with E-state index in [0.29, 0.717) is 24.8 Å². The van der Waals surface area contributed by atoms with E-state index < -0.39 is 21.6 Å². The van der Waals surface area contributed by atoms with E-state index in [9.17, 15) is 18.0 Å². The molecule has 2 aliphatic rings. The lowest BCUT2D eigenvalue weighted by atomic mass is 9.70. The minimum Gasteiger partial charge on any atom is -0.299 e. The molecule has 2 aliphatic carbocycles. The molecule has 3 rings (SSSR count). The number of unbranched alkanes of at least 4 members (excludes halogenated alkanes) is 3. The summed E-state index contributed by atoms with van der Waals surface area (Å²) in [6.45, 7) is 6.10. The lowest BCUT2D eigenvalue weighted by molar-refractivity contribution is -0.128. The van der Waals surface area contributed by atoms with Crippen molar-refractivity contribution in [1.29, 1.82) is 0 Å². The number of Topliss-reactive ketones (excluding diaryl/α,β-unsaturated/α-hetero) is 2. The summed E-state index contributed by atoms with van der Waals surface area (Å²) in [6, 6.07) is 8.69. The van der Waals surface area contributed by atoms with Crippen LogP contribution in [0.1, 0.15) is 82.5 Å². The highest BCUT2D eigenvalue weighted by molar-refractivity contribution is 7.86. The second kappa shape index (κ2) is 8.91. The van der Waals surface area contributed by atoms with Crippen molar-refractivity contribution in [2.45, 2.75) is 78.2 Å². The lowest BCUT2D eigenvalue weighted by Crippen LogP contribution is -2.43. The van der Waals surface area contributed by atoms with Gasteiger partial charge >= 0.3 is 0 Å². The standard InChI is InChI=1S/C24H34O5S/c1-4-5-6-10-13-20(22(26)18-11-8-7-9-12-18)29-30(27,28)17-24-15-14-19(16-21(24)25)23(24,2)3/h7-9,11-12,19-20H,4-6,10,13-17H2,1-3H3/t19-,20?,24-/m1/s1. The van der Waals surface area contributed by atoms with Gasteiger partial charge in [0, 0.05) is 12.0 Å². The second-order valence-electron chi connectivity index (χ2n) is 9.53. The van der Waals surface area contributed by atoms with E-state index in [-0.39, 0.29) is 28.7 Å². The Morgan fingerprint density at radius 1 is 1.17 bits per heavy atom. The SMILES string of the molecule is CCCCCCC(OS(=O)(=O)C[C@]12CC[C@H](CC1=O)C2(C)C)C(=O)c1ccccc1. The average molecular weight is 435 g/mol. The molecule has 0 amide bonds. The number of rotatable bonds is 11. The molecule has 0 aromatic heterocycles. The number of benzene rings is 1. The molecule has 1 aromatic rings. The molecule has 0 spiro atoms. The molecular formula is C24H34O5S. The maximum Gasteiger partial charge on any atom is 0.269 e. The van der Waals surface area contributed by atoms with E-state index in [1.807, 2.05) is 19.9 Å². The summed E-state index contributed by atoms with van der Waals surface area (Å²) < 4.78 is 31.8. The Balaban J connectivity index is 1.78. The van der Waals surface area contributed by atoms with Gasteiger partial charge in [-0.25, -0.2) is 0 Å². The fourth-order valence-corrected chi connectivity index (χ4v) is 7.28. The zero-order valence-electron chi connectivity index (χ0n) is 18.4. The molecule has 2 bridgehead atoms. The van der Waals surface area contributed by atoms with Crippen molar-refractivity contribution in [2.24, 2.45) is 16.7 Å². The molecule has 6 heteroatoms. The van der Waals surface area contributed by atoms with Crippen LogP contribution in [-0.4, -0.2) is 31.8 Å². The molecule has 5 nitrogen and oxygen atoms in total. The van der Waals surface area contributed by atoms with Crippen LogP contribution < -0.4 is 0 Å². The normalized spacial score (nSPS) is 26.1. The van der Waals surface area contributed by atoms with Crippen LogP contribution in [-0.2, 0) is 19.1 Å². The van der Waals surface area contributed by atoms with Crippen LogP contribution in [0.4, 0.5) is 0 Å². The molecule has 0 aliphatic heterocycles. The fourth-order valence-electron chi connectivity index (χ4n) is 5.39. The maximum absolute atomic E-state index is 13.1. The summed E-state index contributed by atoms with van der Waals surface area (Å²) in [7, 11) is -4.05. The van der Waals surface area contributed by atoms with Crippen molar-refractivity contribution < 1.29 is 22.2 Å². The number of fused-ring (bicyclic) bond motifs is 2. The smallest absolute Gasteiger partial charge is 0.269 e. The summed E-state index contributed by atoms with van der Waals surface area (Å²) in [5, 5.41) is 0. The Hall–Kier alpha value is -1.53. The third-order valence-corrected chi connectivity index (χ3v) is 8.87. The average Bonchev–Trinajstić information content (AvgIpc) is 3.04. The first kappa shape index (κ1) is 23.1. The van der Waals surface area contributed by atoms with Crippen molar-refractivity contribution in [3.8, 4) is 0 Å². The van der Waals surface area contributed by atoms with Crippen LogP contribution in [0.25, 0.3) is 0 Å². The van der Waals surface area contributed by atoms with Gasteiger partial charge in [-0.2, -0.15) is 8.42 Å². The van der Waals surface area contributed by atoms with Crippen LogP contribution in [0.3, 0.4) is 0 Å². The van der Waals surface area contributed by atoms with Crippen molar-refractivity contribution in [3.05, 3.63) is 35.9 Å². The zero-order chi connectivity index (χ0) is 22.0. The number of hydrogen-bond donors (Lipinski definition) is 0. The molecule has 2 fully saturated rings. The first-order valence-corrected chi connectivity index (χ1v) is 12.7. The van der Waals surface area contributed by atoms with Gasteiger partial charge < -0.3 is 0 Å². The van der Waals surface area contributed by atoms with Crippen molar-refractivity contribution >= 4 is 21.7 Å². The minimum absolute atomic E-state index is 0.0322. The van der Waals surface area contributed by atoms with Crippen molar-refractivity contribution in [3.63, 3.8) is 0 Å². The first-order chi connectivity index (χ1) is 14.1. The van der Waals surface area contributed by atoms with Gasteiger partial charge in [0.1, 0.15) is 11.9 Å². The molecule has 1 unspecified atom stereocenters. The highest BCUT2D eigenvalue weighted by Crippen LogP contribution is 2.64. The Bertz CT molecular complexity index is 874. The summed E-state index contributed by atoms with van der Waals surface area (Å²) in [5.41, 5.74) is -0.802. The monoisotopic (exact) mass is 434 g/mol. The molecular weight excluding hydrogens is 400 g/mol. The second-order valence-corrected chi connectivity index (χ2v) is 11.1. The topological polar surface area (TPSA) is 77.5 Å². The van der Waals surface area contributed by atoms with Gasteiger partial charge in [0.15, 0.2) is 5.78 Å². The largest absolute Gasteiger partial charge is 0.299 e. The summed E-state index contributed by atoms with van der Waals surface area (Å²) in [6.07, 6.45) is 4.97. The molecule has 0 radical (unpaired) electrons. The third kappa shape index (κ3) is 4.40. The van der Waals surface area contributed by atoms with E-state index in [0.717, 1.165) is 32.1 Å². The van der Waals surface area contributed by atoms with Crippen LogP contribution in [0.15, 0.2) is 30.3 Å². The predicted molar refractivity (Wildman–Crippen MR) is 117 cm³/mol. The number of carbonyl (C=O) groups is 2. The van der Waals surface area contributed by atoms with Gasteiger partial charge in [0.2, 0.25) is 0 Å². The molecule has 30 heavy (non-hydrogen) atoms. The minimum atomic E-state index is -4.05. The highest BCUT2D eigenvalue weighted by atomic mass is 32.2. The molecule has 0 N–H and O–H groups in total. The van der Waals surface area contributed by atoms with Crippen LogP contribution in [0.2, 0.25) is 0 Å². The predicted octanol–water partition coefficient (Wildman–Crippen LogP) is 4.95. The Morgan fingerprint density at radius 2 is 1.87 bits per heavy atom. The lowest BCUT2D eigenvalue weighted by Gasteiger charge is -2.36. The summed E-state index contributed by atoms with van der Waals surface area (Å²) in [4.78, 5) is 25.8. The van der Waals surface area contributed by atoms with Gasteiger partial charge in [-0.05, 0) is 30.6 Å². The zero-order valence-corrected chi connectivity index (χ0v) is 19.2. The third-order valence-electron chi connectivity index (χ3n) is 7.50. The molecule has 1 aromatic carbocycles. The Labute approximate surface area is 180 Å². The van der Waals surface area contributed by atoms with E-state index in [4.69, 9.17) is 4.18 Å². The van der Waals surface area contributed by atoms with E-state index in [2.05, 4.69) is 6.92 Å². The molecule has 0 heterocycles. The quantitative estimate of drug-likeness (QED) is 0.280. The molecule has 166 valence electrons. The number of carbonyl (C=O) groups excluding carboxylic acids is 2. The van der Waals surface area contributed by atoms with Crippen LogP contribution in [0, 0.1) is 16.7 Å². The Kier molecular flexibility index (Phi) is 6.87.